The maximum atomic E-state index is 12.4. The van der Waals surface area contributed by atoms with Crippen LogP contribution < -0.4 is 10.1 Å². The van der Waals surface area contributed by atoms with Crippen LogP contribution in [0.15, 0.2) is 91.4 Å². The van der Waals surface area contributed by atoms with Crippen molar-refractivity contribution in [3.05, 3.63) is 108 Å². The van der Waals surface area contributed by atoms with Crippen LogP contribution in [0.3, 0.4) is 0 Å². The van der Waals surface area contributed by atoms with Crippen LogP contribution in [-0.4, -0.2) is 22.1 Å². The number of unbranched alkanes of at least 4 members (excludes halogenated alkanes) is 1. The molecule has 0 unspecified atom stereocenters. The van der Waals surface area contributed by atoms with Gasteiger partial charge in [0.2, 0.25) is 0 Å². The van der Waals surface area contributed by atoms with Crippen molar-refractivity contribution >= 4 is 6.03 Å². The number of nitrogens with one attached hydrogen (secondary N) is 1. The summed E-state index contributed by atoms with van der Waals surface area (Å²) in [5, 5.41) is 11.9. The lowest BCUT2D eigenvalue weighted by Crippen LogP contribution is -2.28. The molecule has 1 aromatic heterocycles. The number of carbonyl (C=O) groups is 1. The third-order valence-electron chi connectivity index (χ3n) is 5.44. The molecule has 0 saturated heterocycles. The van der Waals surface area contributed by atoms with Crippen LogP contribution >= 0.6 is 0 Å². The molecule has 0 spiro atoms. The molecule has 4 aromatic rings. The van der Waals surface area contributed by atoms with Crippen molar-refractivity contribution in [2.45, 2.75) is 25.9 Å². The lowest BCUT2D eigenvalue weighted by molar-refractivity contribution is 0.242. The van der Waals surface area contributed by atoms with E-state index in [-0.39, 0.29) is 6.03 Å². The number of amides is 1. The summed E-state index contributed by atoms with van der Waals surface area (Å²) < 4.78 is 7.29. The molecule has 170 valence electrons. The van der Waals surface area contributed by atoms with Crippen LogP contribution in [0, 0.1) is 11.3 Å². The summed E-state index contributed by atoms with van der Waals surface area (Å²) in [5.74, 6) is 0.721. The highest BCUT2D eigenvalue weighted by Crippen LogP contribution is 2.21. The number of hydrogen-bond donors (Lipinski definition) is 1. The number of nitriles is 1. The van der Waals surface area contributed by atoms with E-state index in [1.54, 1.807) is 12.3 Å². The van der Waals surface area contributed by atoms with Crippen molar-refractivity contribution in [2.75, 3.05) is 6.54 Å². The Morgan fingerprint density at radius 1 is 0.971 bits per heavy atom. The van der Waals surface area contributed by atoms with Gasteiger partial charge in [-0.15, -0.1) is 0 Å². The van der Waals surface area contributed by atoms with E-state index in [1.165, 1.54) is 16.5 Å². The molecule has 0 aliphatic carbocycles. The zero-order chi connectivity index (χ0) is 23.6. The Hall–Kier alpha value is -4.37. The summed E-state index contributed by atoms with van der Waals surface area (Å²) in [7, 11) is 0. The van der Waals surface area contributed by atoms with Gasteiger partial charge in [0.25, 0.3) is 0 Å². The van der Waals surface area contributed by atoms with E-state index in [0.717, 1.165) is 36.1 Å². The van der Waals surface area contributed by atoms with E-state index in [0.29, 0.717) is 24.4 Å². The average Bonchev–Trinajstić information content (AvgIpc) is 3.39. The first-order valence-electron chi connectivity index (χ1n) is 11.3. The second kappa shape index (κ2) is 11.5. The normalized spacial score (nSPS) is 10.4. The van der Waals surface area contributed by atoms with Crippen LogP contribution in [0.4, 0.5) is 4.79 Å². The first-order chi connectivity index (χ1) is 16.7. The van der Waals surface area contributed by atoms with Crippen LogP contribution in [0.2, 0.25) is 0 Å². The predicted octanol–water partition coefficient (Wildman–Crippen LogP) is 5.58. The molecular formula is C28H26N4O2. The van der Waals surface area contributed by atoms with Crippen molar-refractivity contribution < 1.29 is 9.53 Å². The fraction of sp³-hybridized carbons (Fsp3) is 0.179. The minimum Gasteiger partial charge on any atom is -0.489 e. The van der Waals surface area contributed by atoms with Crippen LogP contribution in [-0.2, 0) is 13.0 Å². The van der Waals surface area contributed by atoms with Crippen molar-refractivity contribution in [1.82, 2.24) is 14.9 Å². The van der Waals surface area contributed by atoms with Crippen molar-refractivity contribution in [1.29, 1.82) is 5.26 Å². The first-order valence-corrected chi connectivity index (χ1v) is 11.3. The molecule has 0 saturated carbocycles. The number of rotatable bonds is 9. The van der Waals surface area contributed by atoms with Gasteiger partial charge in [0.1, 0.15) is 18.7 Å². The van der Waals surface area contributed by atoms with Crippen molar-refractivity contribution in [2.24, 2.45) is 0 Å². The molecule has 0 bridgehead atoms. The Morgan fingerprint density at radius 3 is 2.56 bits per heavy atom. The van der Waals surface area contributed by atoms with E-state index in [2.05, 4.69) is 28.5 Å². The van der Waals surface area contributed by atoms with E-state index in [9.17, 15) is 4.79 Å². The summed E-state index contributed by atoms with van der Waals surface area (Å²) in [6.45, 7) is 1.01. The highest BCUT2D eigenvalue weighted by molar-refractivity contribution is 5.77. The number of aryl methyl sites for hydroxylation is 1. The molecule has 1 N–H and O–H groups in total. The summed E-state index contributed by atoms with van der Waals surface area (Å²) in [5.41, 5.74) is 4.48. The maximum Gasteiger partial charge on any atom is 0.326 e. The summed E-state index contributed by atoms with van der Waals surface area (Å²) in [4.78, 5) is 16.8. The molecule has 0 fully saturated rings. The fourth-order valence-corrected chi connectivity index (χ4v) is 3.59. The number of ether oxygens (including phenoxy) is 1. The van der Waals surface area contributed by atoms with E-state index < -0.39 is 0 Å². The zero-order valence-electron chi connectivity index (χ0n) is 18.9. The molecule has 1 heterocycles. The maximum absolute atomic E-state index is 12.4. The molecule has 0 aliphatic heterocycles. The van der Waals surface area contributed by atoms with Gasteiger partial charge in [0.05, 0.1) is 17.3 Å². The van der Waals surface area contributed by atoms with Gasteiger partial charge in [-0.3, -0.25) is 4.57 Å². The largest absolute Gasteiger partial charge is 0.489 e. The number of nitrogens with zero attached hydrogens (tertiary/aromatic N) is 3. The van der Waals surface area contributed by atoms with Gasteiger partial charge < -0.3 is 10.1 Å². The van der Waals surface area contributed by atoms with Gasteiger partial charge in [-0.25, -0.2) is 9.78 Å². The Kier molecular flexibility index (Phi) is 7.70. The van der Waals surface area contributed by atoms with Gasteiger partial charge in [-0.2, -0.15) is 5.26 Å². The average molecular weight is 451 g/mol. The molecule has 3 aromatic carbocycles. The summed E-state index contributed by atoms with van der Waals surface area (Å²) >= 11 is 0. The number of imidazole rings is 1. The SMILES string of the molecule is N#Cc1cccc(COc2ccc(-c3cn(C(=O)NCCCCc4ccccc4)cn3)cc2)c1. The third-order valence-corrected chi connectivity index (χ3v) is 5.44. The highest BCUT2D eigenvalue weighted by atomic mass is 16.5. The second-order valence-corrected chi connectivity index (χ2v) is 7.97. The van der Waals surface area contributed by atoms with Crippen LogP contribution in [0.1, 0.15) is 29.5 Å². The molecule has 6 heteroatoms. The first kappa shape index (κ1) is 22.8. The number of hydrogen-bond acceptors (Lipinski definition) is 4. The molecule has 6 nitrogen and oxygen atoms in total. The van der Waals surface area contributed by atoms with Crippen LogP contribution in [0.25, 0.3) is 11.3 Å². The van der Waals surface area contributed by atoms with Gasteiger partial charge in [-0.05, 0) is 66.8 Å². The lowest BCUT2D eigenvalue weighted by Gasteiger charge is -2.07. The molecule has 0 atom stereocenters. The Balaban J connectivity index is 1.24. The van der Waals surface area contributed by atoms with E-state index >= 15 is 0 Å². The third kappa shape index (κ3) is 6.33. The van der Waals surface area contributed by atoms with Gasteiger partial charge in [-0.1, -0.05) is 42.5 Å². The lowest BCUT2D eigenvalue weighted by atomic mass is 10.1. The minimum absolute atomic E-state index is 0.182. The summed E-state index contributed by atoms with van der Waals surface area (Å²) in [6, 6.07) is 27.2. The van der Waals surface area contributed by atoms with Crippen LogP contribution in [0.5, 0.6) is 5.75 Å². The Labute approximate surface area is 199 Å². The highest BCUT2D eigenvalue weighted by Gasteiger charge is 2.08. The quantitative estimate of drug-likeness (QED) is 0.338. The fourth-order valence-electron chi connectivity index (χ4n) is 3.59. The van der Waals surface area contributed by atoms with Crippen molar-refractivity contribution in [3.8, 4) is 23.1 Å². The van der Waals surface area contributed by atoms with Crippen molar-refractivity contribution in [3.63, 3.8) is 0 Å². The minimum atomic E-state index is -0.182. The number of carbonyl (C=O) groups excluding carboxylic acids is 1. The monoisotopic (exact) mass is 450 g/mol. The summed E-state index contributed by atoms with van der Waals surface area (Å²) in [6.07, 6.45) is 6.21. The molecule has 0 aliphatic rings. The number of aromatic nitrogens is 2. The van der Waals surface area contributed by atoms with Gasteiger partial charge in [0.15, 0.2) is 0 Å². The van der Waals surface area contributed by atoms with Gasteiger partial charge in [0, 0.05) is 18.3 Å². The number of benzene rings is 3. The molecule has 34 heavy (non-hydrogen) atoms. The van der Waals surface area contributed by atoms with E-state index in [4.69, 9.17) is 10.00 Å². The Morgan fingerprint density at radius 2 is 1.76 bits per heavy atom. The predicted molar refractivity (Wildman–Crippen MR) is 131 cm³/mol. The Bertz CT molecular complexity index is 1260. The zero-order valence-corrected chi connectivity index (χ0v) is 18.9. The molecular weight excluding hydrogens is 424 g/mol. The molecule has 1 amide bonds. The van der Waals surface area contributed by atoms with Gasteiger partial charge >= 0.3 is 6.03 Å². The van der Waals surface area contributed by atoms with E-state index in [1.807, 2.05) is 60.7 Å². The standard InChI is InChI=1S/C28H26N4O2/c29-18-23-10-6-11-24(17-23)20-34-26-14-12-25(13-15-26)27-19-32(21-31-27)28(33)30-16-5-4-9-22-7-2-1-3-8-22/h1-3,6-8,10-15,17,19,21H,4-5,9,16,20H2,(H,30,33). The second-order valence-electron chi connectivity index (χ2n) is 7.97. The molecule has 4 rings (SSSR count). The topological polar surface area (TPSA) is 79.9 Å². The smallest absolute Gasteiger partial charge is 0.326 e. The molecule has 0 radical (unpaired) electrons.